The Morgan fingerprint density at radius 3 is 2.59 bits per heavy atom. The number of carbonyl (C=O) groups excluding carboxylic acids is 1. The Morgan fingerprint density at radius 1 is 1.28 bits per heavy atom. The molecule has 3 rings (SSSR count). The summed E-state index contributed by atoms with van der Waals surface area (Å²) in [4.78, 5) is 32.6. The van der Waals surface area contributed by atoms with Gasteiger partial charge in [0.05, 0.1) is 23.0 Å². The molecule has 0 amide bonds. The quantitative estimate of drug-likeness (QED) is 0.383. The summed E-state index contributed by atoms with van der Waals surface area (Å²) in [6.07, 6.45) is -2.54. The molecule has 32 heavy (non-hydrogen) atoms. The molecule has 1 saturated heterocycles. The van der Waals surface area contributed by atoms with E-state index in [1.54, 1.807) is 11.8 Å². The van der Waals surface area contributed by atoms with Crippen LogP contribution in [0.3, 0.4) is 0 Å². The molecule has 1 aliphatic rings. The minimum atomic E-state index is -4.55. The van der Waals surface area contributed by atoms with E-state index in [0.717, 1.165) is 12.4 Å². The van der Waals surface area contributed by atoms with Crippen LogP contribution in [0.1, 0.15) is 30.9 Å². The van der Waals surface area contributed by atoms with Crippen LogP contribution in [0.2, 0.25) is 0 Å². The lowest BCUT2D eigenvalue weighted by molar-refractivity contribution is -0.383. The topological polar surface area (TPSA) is 110 Å². The molecule has 1 aliphatic heterocycles. The van der Waals surface area contributed by atoms with E-state index in [9.17, 15) is 28.1 Å². The standard InChI is InChI=1S/C20H22F3N5O4/c1-2-32-19(29)13-7-9-27(10-8-13)18-16(28(30)31)17(25-12-26-18)24-11-14-5-3-4-6-15(14)20(21,22)23/h3-6,12-13H,2,7-11H2,1H3,(H,24,25,26). The van der Waals surface area contributed by atoms with Crippen LogP contribution in [-0.2, 0) is 22.3 Å². The third kappa shape index (κ3) is 5.24. The smallest absolute Gasteiger partial charge is 0.416 e. The maximum Gasteiger partial charge on any atom is 0.416 e. The minimum Gasteiger partial charge on any atom is -0.466 e. The molecule has 0 aliphatic carbocycles. The first-order valence-electron chi connectivity index (χ1n) is 10.0. The highest BCUT2D eigenvalue weighted by molar-refractivity contribution is 5.74. The van der Waals surface area contributed by atoms with Gasteiger partial charge in [0.2, 0.25) is 11.6 Å². The molecule has 12 heteroatoms. The van der Waals surface area contributed by atoms with Crippen molar-refractivity contribution >= 4 is 23.3 Å². The first-order chi connectivity index (χ1) is 15.2. The third-order valence-electron chi connectivity index (χ3n) is 5.17. The predicted molar refractivity (Wildman–Crippen MR) is 109 cm³/mol. The number of nitro groups is 1. The number of halogens is 3. The monoisotopic (exact) mass is 453 g/mol. The van der Waals surface area contributed by atoms with E-state index >= 15 is 0 Å². The van der Waals surface area contributed by atoms with Crippen molar-refractivity contribution in [2.24, 2.45) is 5.92 Å². The zero-order valence-corrected chi connectivity index (χ0v) is 17.3. The van der Waals surface area contributed by atoms with Gasteiger partial charge in [0.25, 0.3) is 0 Å². The van der Waals surface area contributed by atoms with Gasteiger partial charge in [0, 0.05) is 19.6 Å². The van der Waals surface area contributed by atoms with Crippen LogP contribution in [0, 0.1) is 16.0 Å². The molecular weight excluding hydrogens is 431 g/mol. The molecule has 0 unspecified atom stereocenters. The fourth-order valence-corrected chi connectivity index (χ4v) is 3.62. The van der Waals surface area contributed by atoms with Gasteiger partial charge in [-0.15, -0.1) is 0 Å². The highest BCUT2D eigenvalue weighted by Gasteiger charge is 2.34. The Balaban J connectivity index is 1.80. The molecule has 172 valence electrons. The third-order valence-corrected chi connectivity index (χ3v) is 5.17. The summed E-state index contributed by atoms with van der Waals surface area (Å²) in [5.41, 5.74) is -1.32. The van der Waals surface area contributed by atoms with E-state index in [0.29, 0.717) is 25.9 Å². The highest BCUT2D eigenvalue weighted by Crippen LogP contribution is 2.36. The number of anilines is 2. The summed E-state index contributed by atoms with van der Waals surface area (Å²) in [7, 11) is 0. The summed E-state index contributed by atoms with van der Waals surface area (Å²) in [5, 5.41) is 14.4. The van der Waals surface area contributed by atoms with Crippen molar-refractivity contribution in [1.29, 1.82) is 0 Å². The predicted octanol–water partition coefficient (Wildman–Crippen LogP) is 3.80. The van der Waals surface area contributed by atoms with Gasteiger partial charge < -0.3 is 15.0 Å². The van der Waals surface area contributed by atoms with E-state index in [2.05, 4.69) is 15.3 Å². The number of rotatable bonds is 7. The average molecular weight is 453 g/mol. The molecule has 0 radical (unpaired) electrons. The average Bonchev–Trinajstić information content (AvgIpc) is 2.77. The van der Waals surface area contributed by atoms with Crippen LogP contribution in [0.4, 0.5) is 30.5 Å². The number of esters is 1. The summed E-state index contributed by atoms with van der Waals surface area (Å²) < 4.78 is 44.7. The van der Waals surface area contributed by atoms with Crippen LogP contribution < -0.4 is 10.2 Å². The molecule has 1 fully saturated rings. The van der Waals surface area contributed by atoms with Crippen molar-refractivity contribution in [2.45, 2.75) is 32.5 Å². The van der Waals surface area contributed by atoms with Gasteiger partial charge in [-0.05, 0) is 31.4 Å². The van der Waals surface area contributed by atoms with Crippen LogP contribution in [-0.4, -0.2) is 40.6 Å². The van der Waals surface area contributed by atoms with Crippen LogP contribution in [0.15, 0.2) is 30.6 Å². The number of ether oxygens (including phenoxy) is 1. The molecule has 0 spiro atoms. The van der Waals surface area contributed by atoms with Crippen molar-refractivity contribution in [3.8, 4) is 0 Å². The fourth-order valence-electron chi connectivity index (χ4n) is 3.62. The maximum atomic E-state index is 13.2. The SMILES string of the molecule is CCOC(=O)C1CCN(c2ncnc(NCc3ccccc3C(F)(F)F)c2[N+](=O)[O-])CC1. The van der Waals surface area contributed by atoms with Crippen LogP contribution in [0.25, 0.3) is 0 Å². The second-order valence-electron chi connectivity index (χ2n) is 7.17. The van der Waals surface area contributed by atoms with Gasteiger partial charge in [0.1, 0.15) is 6.33 Å². The molecule has 0 atom stereocenters. The van der Waals surface area contributed by atoms with Gasteiger partial charge in [-0.3, -0.25) is 14.9 Å². The molecule has 2 aromatic rings. The number of nitrogens with one attached hydrogen (secondary N) is 1. The maximum absolute atomic E-state index is 13.2. The normalized spacial score (nSPS) is 14.8. The minimum absolute atomic E-state index is 0.0546. The number of hydrogen-bond donors (Lipinski definition) is 1. The van der Waals surface area contributed by atoms with E-state index in [1.165, 1.54) is 18.2 Å². The first-order valence-corrected chi connectivity index (χ1v) is 10.0. The Kier molecular flexibility index (Phi) is 7.11. The lowest BCUT2D eigenvalue weighted by Gasteiger charge is -2.31. The largest absolute Gasteiger partial charge is 0.466 e. The van der Waals surface area contributed by atoms with E-state index in [-0.39, 0.29) is 42.2 Å². The second kappa shape index (κ2) is 9.79. The van der Waals surface area contributed by atoms with Crippen LogP contribution in [0.5, 0.6) is 0 Å². The van der Waals surface area contributed by atoms with Crippen molar-refractivity contribution in [3.05, 3.63) is 51.8 Å². The Hall–Kier alpha value is -3.44. The van der Waals surface area contributed by atoms with Gasteiger partial charge in [-0.2, -0.15) is 13.2 Å². The molecule has 2 heterocycles. The highest BCUT2D eigenvalue weighted by atomic mass is 19.4. The second-order valence-corrected chi connectivity index (χ2v) is 7.17. The first kappa shape index (κ1) is 23.2. The summed E-state index contributed by atoms with van der Waals surface area (Å²) >= 11 is 0. The number of hydrogen-bond acceptors (Lipinski definition) is 8. The number of benzene rings is 1. The lowest BCUT2D eigenvalue weighted by Crippen LogP contribution is -2.37. The van der Waals surface area contributed by atoms with E-state index < -0.39 is 22.4 Å². The number of piperidine rings is 1. The number of carbonyl (C=O) groups is 1. The summed E-state index contributed by atoms with van der Waals surface area (Å²) in [6.45, 7) is 2.38. The number of alkyl halides is 3. The molecular formula is C20H22F3N5O4. The molecule has 9 nitrogen and oxygen atoms in total. The molecule has 1 aromatic carbocycles. The Bertz CT molecular complexity index is 978. The van der Waals surface area contributed by atoms with Gasteiger partial charge in [-0.1, -0.05) is 18.2 Å². The van der Waals surface area contributed by atoms with Crippen molar-refractivity contribution in [3.63, 3.8) is 0 Å². The Morgan fingerprint density at radius 2 is 1.97 bits per heavy atom. The van der Waals surface area contributed by atoms with Gasteiger partial charge in [-0.25, -0.2) is 9.97 Å². The Labute approximate surface area is 181 Å². The number of aromatic nitrogens is 2. The van der Waals surface area contributed by atoms with Crippen molar-refractivity contribution < 1.29 is 27.6 Å². The molecule has 0 saturated carbocycles. The van der Waals surface area contributed by atoms with Gasteiger partial charge in [0.15, 0.2) is 0 Å². The molecule has 1 aromatic heterocycles. The fraction of sp³-hybridized carbons (Fsp3) is 0.450. The van der Waals surface area contributed by atoms with E-state index in [4.69, 9.17) is 4.74 Å². The summed E-state index contributed by atoms with van der Waals surface area (Å²) in [5.74, 6) is -0.706. The summed E-state index contributed by atoms with van der Waals surface area (Å²) in [6, 6.07) is 4.98. The van der Waals surface area contributed by atoms with Crippen LogP contribution >= 0.6 is 0 Å². The van der Waals surface area contributed by atoms with Crippen molar-refractivity contribution in [1.82, 2.24) is 9.97 Å². The van der Waals surface area contributed by atoms with Crippen molar-refractivity contribution in [2.75, 3.05) is 29.9 Å². The lowest BCUT2D eigenvalue weighted by atomic mass is 9.97. The van der Waals surface area contributed by atoms with Gasteiger partial charge >= 0.3 is 17.8 Å². The van der Waals surface area contributed by atoms with E-state index in [1.807, 2.05) is 0 Å². The molecule has 0 bridgehead atoms. The number of nitrogens with zero attached hydrogens (tertiary/aromatic N) is 4. The zero-order valence-electron chi connectivity index (χ0n) is 17.3. The molecule has 1 N–H and O–H groups in total. The zero-order chi connectivity index (χ0) is 23.3.